The third kappa shape index (κ3) is 2.88. The molecule has 4 nitrogen and oxygen atoms in total. The van der Waals surface area contributed by atoms with Gasteiger partial charge in [-0.15, -0.1) is 0 Å². The molecule has 0 N–H and O–H groups in total. The van der Waals surface area contributed by atoms with E-state index in [9.17, 15) is 4.79 Å². The van der Waals surface area contributed by atoms with Crippen LogP contribution in [0.25, 0.3) is 0 Å². The molecule has 0 aromatic carbocycles. The number of piperidine rings is 1. The number of carbonyl (C=O) groups is 1. The summed E-state index contributed by atoms with van der Waals surface area (Å²) in [5.74, 6) is 0.430. The quantitative estimate of drug-likeness (QED) is 0.796. The Hall–Kier alpha value is -1.42. The Morgan fingerprint density at radius 2 is 2.22 bits per heavy atom. The SMILES string of the molecule is CN1CCCC(c2cccc(C(=O)N(C)C)n2)C1. The van der Waals surface area contributed by atoms with E-state index in [2.05, 4.69) is 16.9 Å². The normalized spacial score (nSPS) is 20.7. The van der Waals surface area contributed by atoms with Gasteiger partial charge in [-0.05, 0) is 38.6 Å². The minimum atomic E-state index is -0.0268. The molecular weight excluding hydrogens is 226 g/mol. The van der Waals surface area contributed by atoms with Gasteiger partial charge in [-0.25, -0.2) is 4.98 Å². The average molecular weight is 247 g/mol. The number of amides is 1. The van der Waals surface area contributed by atoms with Gasteiger partial charge in [-0.3, -0.25) is 4.79 Å². The highest BCUT2D eigenvalue weighted by molar-refractivity contribution is 5.91. The van der Waals surface area contributed by atoms with E-state index in [1.807, 2.05) is 12.1 Å². The zero-order valence-electron chi connectivity index (χ0n) is 11.4. The van der Waals surface area contributed by atoms with Crippen LogP contribution in [0.1, 0.15) is 34.9 Å². The molecule has 1 aromatic heterocycles. The third-order valence-corrected chi connectivity index (χ3v) is 3.44. The zero-order valence-corrected chi connectivity index (χ0v) is 11.4. The van der Waals surface area contributed by atoms with Crippen LogP contribution in [0, 0.1) is 0 Å². The molecule has 1 saturated heterocycles. The van der Waals surface area contributed by atoms with E-state index < -0.39 is 0 Å². The summed E-state index contributed by atoms with van der Waals surface area (Å²) in [6, 6.07) is 5.77. The van der Waals surface area contributed by atoms with Crippen molar-refractivity contribution < 1.29 is 4.79 Å². The van der Waals surface area contributed by atoms with E-state index in [0.717, 1.165) is 25.2 Å². The second kappa shape index (κ2) is 5.48. The highest BCUT2D eigenvalue weighted by atomic mass is 16.2. The summed E-state index contributed by atoms with van der Waals surface area (Å²) in [6.07, 6.45) is 2.37. The van der Waals surface area contributed by atoms with Crippen molar-refractivity contribution in [3.05, 3.63) is 29.6 Å². The molecule has 1 aromatic rings. The predicted octanol–water partition coefficient (Wildman–Crippen LogP) is 1.59. The molecule has 0 aliphatic carbocycles. The maximum Gasteiger partial charge on any atom is 0.271 e. The van der Waals surface area contributed by atoms with Crippen LogP contribution in [0.3, 0.4) is 0 Å². The fourth-order valence-corrected chi connectivity index (χ4v) is 2.43. The molecule has 0 spiro atoms. The summed E-state index contributed by atoms with van der Waals surface area (Å²) < 4.78 is 0. The standard InChI is InChI=1S/C14H21N3O/c1-16(2)14(18)13-8-4-7-12(15-13)11-6-5-9-17(3)10-11/h4,7-8,11H,5-6,9-10H2,1-3H3. The van der Waals surface area contributed by atoms with Gasteiger partial charge in [0.05, 0.1) is 0 Å². The molecule has 4 heteroatoms. The van der Waals surface area contributed by atoms with Crippen molar-refractivity contribution in [2.24, 2.45) is 0 Å². The molecule has 0 saturated carbocycles. The van der Waals surface area contributed by atoms with Gasteiger partial charge in [-0.2, -0.15) is 0 Å². The van der Waals surface area contributed by atoms with E-state index in [1.165, 1.54) is 6.42 Å². The van der Waals surface area contributed by atoms with E-state index in [0.29, 0.717) is 11.6 Å². The van der Waals surface area contributed by atoms with Gasteiger partial charge in [0.1, 0.15) is 5.69 Å². The summed E-state index contributed by atoms with van der Waals surface area (Å²) >= 11 is 0. The van der Waals surface area contributed by atoms with Crippen molar-refractivity contribution >= 4 is 5.91 Å². The molecule has 98 valence electrons. The number of aromatic nitrogens is 1. The van der Waals surface area contributed by atoms with Crippen molar-refractivity contribution in [2.45, 2.75) is 18.8 Å². The molecular formula is C14H21N3O. The number of nitrogens with zero attached hydrogens (tertiary/aromatic N) is 3. The first-order chi connectivity index (χ1) is 8.58. The molecule has 0 bridgehead atoms. The van der Waals surface area contributed by atoms with Crippen molar-refractivity contribution in [1.82, 2.24) is 14.8 Å². The summed E-state index contributed by atoms with van der Waals surface area (Å²) in [6.45, 7) is 2.19. The van der Waals surface area contributed by atoms with Crippen LogP contribution in [-0.2, 0) is 0 Å². The number of carbonyl (C=O) groups excluding carboxylic acids is 1. The Labute approximate surface area is 109 Å². The second-order valence-corrected chi connectivity index (χ2v) is 5.25. The number of likely N-dealkylation sites (N-methyl/N-ethyl adjacent to an activating group) is 1. The molecule has 1 amide bonds. The van der Waals surface area contributed by atoms with Crippen LogP contribution < -0.4 is 0 Å². The second-order valence-electron chi connectivity index (χ2n) is 5.25. The van der Waals surface area contributed by atoms with Crippen LogP contribution in [-0.4, -0.2) is 54.9 Å². The van der Waals surface area contributed by atoms with E-state index >= 15 is 0 Å². The van der Waals surface area contributed by atoms with Crippen molar-refractivity contribution in [2.75, 3.05) is 34.2 Å². The van der Waals surface area contributed by atoms with Gasteiger partial charge in [0.15, 0.2) is 0 Å². The number of hydrogen-bond donors (Lipinski definition) is 0. The van der Waals surface area contributed by atoms with Crippen LogP contribution in [0.2, 0.25) is 0 Å². The first kappa shape index (κ1) is 13.0. The Morgan fingerprint density at radius 3 is 2.89 bits per heavy atom. The van der Waals surface area contributed by atoms with E-state index in [-0.39, 0.29) is 5.91 Å². The van der Waals surface area contributed by atoms with Gasteiger partial charge < -0.3 is 9.80 Å². The van der Waals surface area contributed by atoms with E-state index in [1.54, 1.807) is 25.1 Å². The van der Waals surface area contributed by atoms with Crippen molar-refractivity contribution in [3.63, 3.8) is 0 Å². The largest absolute Gasteiger partial charge is 0.343 e. The first-order valence-electron chi connectivity index (χ1n) is 6.45. The number of likely N-dealkylation sites (tertiary alicyclic amines) is 1. The molecule has 1 fully saturated rings. The Balaban J connectivity index is 2.19. The van der Waals surface area contributed by atoms with Crippen LogP contribution in [0.5, 0.6) is 0 Å². The topological polar surface area (TPSA) is 36.4 Å². The molecule has 1 atom stereocenters. The molecule has 1 unspecified atom stereocenters. The Bertz CT molecular complexity index is 431. The predicted molar refractivity (Wildman–Crippen MR) is 71.7 cm³/mol. The highest BCUT2D eigenvalue weighted by Gasteiger charge is 2.21. The minimum Gasteiger partial charge on any atom is -0.343 e. The lowest BCUT2D eigenvalue weighted by Gasteiger charge is -2.29. The summed E-state index contributed by atoms with van der Waals surface area (Å²) in [5, 5.41) is 0. The van der Waals surface area contributed by atoms with Crippen LogP contribution >= 0.6 is 0 Å². The first-order valence-corrected chi connectivity index (χ1v) is 6.45. The molecule has 2 heterocycles. The maximum atomic E-state index is 11.9. The van der Waals surface area contributed by atoms with Gasteiger partial charge >= 0.3 is 0 Å². The zero-order chi connectivity index (χ0) is 13.1. The Morgan fingerprint density at radius 1 is 1.44 bits per heavy atom. The summed E-state index contributed by atoms with van der Waals surface area (Å²) in [5.41, 5.74) is 1.60. The number of rotatable bonds is 2. The van der Waals surface area contributed by atoms with Gasteiger partial charge in [0.25, 0.3) is 5.91 Å². The molecule has 1 aliphatic heterocycles. The van der Waals surface area contributed by atoms with Gasteiger partial charge in [-0.1, -0.05) is 6.07 Å². The number of hydrogen-bond acceptors (Lipinski definition) is 3. The van der Waals surface area contributed by atoms with Crippen molar-refractivity contribution in [1.29, 1.82) is 0 Å². The summed E-state index contributed by atoms with van der Waals surface area (Å²) in [7, 11) is 5.65. The van der Waals surface area contributed by atoms with Crippen molar-refractivity contribution in [3.8, 4) is 0 Å². The van der Waals surface area contributed by atoms with Crippen LogP contribution in [0.4, 0.5) is 0 Å². The van der Waals surface area contributed by atoms with E-state index in [4.69, 9.17) is 0 Å². The lowest BCUT2D eigenvalue weighted by atomic mass is 9.94. The smallest absolute Gasteiger partial charge is 0.271 e. The molecule has 2 rings (SSSR count). The van der Waals surface area contributed by atoms with Gasteiger partial charge in [0.2, 0.25) is 0 Å². The number of pyridine rings is 1. The fourth-order valence-electron chi connectivity index (χ4n) is 2.43. The van der Waals surface area contributed by atoms with Crippen LogP contribution in [0.15, 0.2) is 18.2 Å². The highest BCUT2D eigenvalue weighted by Crippen LogP contribution is 2.24. The third-order valence-electron chi connectivity index (χ3n) is 3.44. The lowest BCUT2D eigenvalue weighted by molar-refractivity contribution is 0.0821. The maximum absolute atomic E-state index is 11.9. The Kier molecular flexibility index (Phi) is 3.97. The lowest BCUT2D eigenvalue weighted by Crippen LogP contribution is -2.31. The molecule has 1 aliphatic rings. The fraction of sp³-hybridized carbons (Fsp3) is 0.571. The molecule has 18 heavy (non-hydrogen) atoms. The summed E-state index contributed by atoms with van der Waals surface area (Å²) in [4.78, 5) is 20.3. The molecule has 0 radical (unpaired) electrons. The average Bonchev–Trinajstić information content (AvgIpc) is 2.38. The monoisotopic (exact) mass is 247 g/mol. The van der Waals surface area contributed by atoms with Gasteiger partial charge in [0, 0.05) is 32.3 Å². The minimum absolute atomic E-state index is 0.0268.